The van der Waals surface area contributed by atoms with Crippen LogP contribution in [-0.2, 0) is 19.0 Å². The van der Waals surface area contributed by atoms with Crippen LogP contribution in [0.5, 0.6) is 5.75 Å². The van der Waals surface area contributed by atoms with E-state index in [2.05, 4.69) is 26.1 Å². The first-order valence-electron chi connectivity index (χ1n) is 12.5. The summed E-state index contributed by atoms with van der Waals surface area (Å²) in [5.74, 6) is 0.869. The van der Waals surface area contributed by atoms with Crippen LogP contribution in [0.25, 0.3) is 11.3 Å². The second-order valence-corrected chi connectivity index (χ2v) is 10.2. The summed E-state index contributed by atoms with van der Waals surface area (Å²) in [5, 5.41) is 12.3. The lowest BCUT2D eigenvalue weighted by Crippen LogP contribution is -2.47. The molecule has 2 atom stereocenters. The smallest absolute Gasteiger partial charge is 0.317 e. The fourth-order valence-corrected chi connectivity index (χ4v) is 5.60. The second kappa shape index (κ2) is 8.28. The molecule has 10 heteroatoms. The molecule has 0 radical (unpaired) electrons. The number of amides is 2. The summed E-state index contributed by atoms with van der Waals surface area (Å²) >= 11 is 0. The molecule has 2 amide bonds. The van der Waals surface area contributed by atoms with Gasteiger partial charge in [0.05, 0.1) is 11.4 Å². The maximum Gasteiger partial charge on any atom is 0.317 e. The highest BCUT2D eigenvalue weighted by Crippen LogP contribution is 2.44. The summed E-state index contributed by atoms with van der Waals surface area (Å²) in [7, 11) is 1.89. The lowest BCUT2D eigenvalue weighted by Gasteiger charge is -2.30. The highest BCUT2D eigenvalue weighted by molar-refractivity contribution is 5.75. The number of pyridine rings is 1. The largest absolute Gasteiger partial charge is 0.481 e. The number of carbonyl (C=O) groups excluding carboxylic acids is 1. The number of carbonyl (C=O) groups is 1. The van der Waals surface area contributed by atoms with Crippen LogP contribution in [0.3, 0.4) is 0 Å². The number of ether oxygens (including phenoxy) is 1. The number of nitrogens with two attached hydrogens (primary N) is 1. The molecule has 1 unspecified atom stereocenters. The SMILES string of the molecule is CC(Oc1cc(-c2cc3n(n2)CC[C@@]32CCN(C(=O)NC3CCC3)C2)cnc1N)c1ccnn1C. The first-order valence-corrected chi connectivity index (χ1v) is 12.5. The van der Waals surface area contributed by atoms with Crippen molar-refractivity contribution in [3.63, 3.8) is 0 Å². The Hall–Kier alpha value is -3.56. The Morgan fingerprint density at radius 3 is 2.86 bits per heavy atom. The fraction of sp³-hybridized carbons (Fsp3) is 0.520. The van der Waals surface area contributed by atoms with Crippen LogP contribution < -0.4 is 15.8 Å². The number of anilines is 1. The Labute approximate surface area is 204 Å². The summed E-state index contributed by atoms with van der Waals surface area (Å²) < 4.78 is 10.0. The molecule has 3 aromatic rings. The molecule has 5 heterocycles. The zero-order chi connectivity index (χ0) is 24.2. The average molecular weight is 477 g/mol. The first-order chi connectivity index (χ1) is 16.9. The number of nitrogen functional groups attached to an aromatic ring is 1. The van der Waals surface area contributed by atoms with Crippen molar-refractivity contribution in [3.8, 4) is 17.0 Å². The maximum absolute atomic E-state index is 12.7. The first kappa shape index (κ1) is 21.9. The Kier molecular flexibility index (Phi) is 5.19. The molecule has 1 spiro atoms. The van der Waals surface area contributed by atoms with Gasteiger partial charge >= 0.3 is 6.03 Å². The standard InChI is InChI=1S/C25H32N8O2/c1-16(20-6-9-28-31(20)2)35-21-12-17(14-27-23(21)26)19-13-22-25(8-11-33(22)30-19)7-10-32(15-25)24(34)29-18-4-3-5-18/h6,9,12-14,16,18H,3-5,7-8,10-11,15H2,1-2H3,(H2,26,27)(H,29,34)/t16?,25-/m1/s1. The van der Waals surface area contributed by atoms with Gasteiger partial charge in [0.1, 0.15) is 6.10 Å². The molecule has 2 fully saturated rings. The van der Waals surface area contributed by atoms with Crippen LogP contribution in [0.1, 0.15) is 56.5 Å². The Morgan fingerprint density at radius 1 is 1.29 bits per heavy atom. The Balaban J connectivity index is 1.21. The number of aromatic nitrogens is 5. The Bertz CT molecular complexity index is 1260. The van der Waals surface area contributed by atoms with E-state index in [1.165, 1.54) is 12.1 Å². The number of likely N-dealkylation sites (tertiary alicyclic amines) is 1. The van der Waals surface area contributed by atoms with Crippen LogP contribution in [0, 0.1) is 0 Å². The van der Waals surface area contributed by atoms with Gasteiger partial charge in [-0.25, -0.2) is 9.78 Å². The summed E-state index contributed by atoms with van der Waals surface area (Å²) in [5.41, 5.74) is 9.97. The van der Waals surface area contributed by atoms with Crippen LogP contribution in [-0.4, -0.2) is 54.6 Å². The quantitative estimate of drug-likeness (QED) is 0.585. The van der Waals surface area contributed by atoms with Gasteiger partial charge < -0.3 is 20.7 Å². The van der Waals surface area contributed by atoms with Crippen molar-refractivity contribution >= 4 is 11.8 Å². The van der Waals surface area contributed by atoms with Gasteiger partial charge in [-0.05, 0) is 57.2 Å². The fourth-order valence-electron chi connectivity index (χ4n) is 5.60. The number of hydrogen-bond acceptors (Lipinski definition) is 6. The van der Waals surface area contributed by atoms with E-state index in [-0.39, 0.29) is 17.6 Å². The van der Waals surface area contributed by atoms with E-state index in [1.807, 2.05) is 31.0 Å². The van der Waals surface area contributed by atoms with Crippen molar-refractivity contribution in [2.45, 2.75) is 63.1 Å². The number of hydrogen-bond donors (Lipinski definition) is 2. The number of rotatable bonds is 5. The van der Waals surface area contributed by atoms with Crippen molar-refractivity contribution in [1.29, 1.82) is 0 Å². The van der Waals surface area contributed by atoms with E-state index in [0.717, 1.165) is 62.3 Å². The summed E-state index contributed by atoms with van der Waals surface area (Å²) in [6.45, 7) is 4.35. The van der Waals surface area contributed by atoms with Crippen molar-refractivity contribution in [2.24, 2.45) is 7.05 Å². The lowest BCUT2D eigenvalue weighted by atomic mass is 9.82. The summed E-state index contributed by atoms with van der Waals surface area (Å²) in [6, 6.07) is 6.43. The molecule has 10 nitrogen and oxygen atoms in total. The van der Waals surface area contributed by atoms with Gasteiger partial charge in [0, 0.05) is 61.8 Å². The van der Waals surface area contributed by atoms with Gasteiger partial charge in [-0.1, -0.05) is 0 Å². The van der Waals surface area contributed by atoms with E-state index in [4.69, 9.17) is 15.6 Å². The predicted molar refractivity (Wildman–Crippen MR) is 131 cm³/mol. The molecule has 6 rings (SSSR count). The van der Waals surface area contributed by atoms with Crippen LogP contribution in [0.15, 0.2) is 30.6 Å². The molecule has 1 saturated heterocycles. The van der Waals surface area contributed by atoms with Gasteiger partial charge in [-0.15, -0.1) is 0 Å². The van der Waals surface area contributed by atoms with E-state index in [9.17, 15) is 4.79 Å². The molecule has 35 heavy (non-hydrogen) atoms. The molecule has 3 N–H and O–H groups in total. The summed E-state index contributed by atoms with van der Waals surface area (Å²) in [6.07, 6.45) is 8.66. The number of aryl methyl sites for hydroxylation is 2. The number of nitrogens with one attached hydrogen (secondary N) is 1. The zero-order valence-corrected chi connectivity index (χ0v) is 20.3. The van der Waals surface area contributed by atoms with Crippen molar-refractivity contribution < 1.29 is 9.53 Å². The minimum Gasteiger partial charge on any atom is -0.481 e. The molecule has 3 aliphatic rings. The third-order valence-corrected chi connectivity index (χ3v) is 7.96. The zero-order valence-electron chi connectivity index (χ0n) is 20.3. The van der Waals surface area contributed by atoms with Crippen molar-refractivity contribution in [2.75, 3.05) is 18.8 Å². The molecular formula is C25H32N8O2. The van der Waals surface area contributed by atoms with E-state index in [1.54, 1.807) is 17.1 Å². The third kappa shape index (κ3) is 3.81. The molecule has 0 aromatic carbocycles. The van der Waals surface area contributed by atoms with Crippen LogP contribution >= 0.6 is 0 Å². The third-order valence-electron chi connectivity index (χ3n) is 7.96. The van der Waals surface area contributed by atoms with Crippen molar-refractivity contribution in [3.05, 3.63) is 42.0 Å². The normalized spacial score (nSPS) is 22.3. The number of nitrogens with zero attached hydrogens (tertiary/aromatic N) is 6. The monoisotopic (exact) mass is 476 g/mol. The van der Waals surface area contributed by atoms with Crippen molar-refractivity contribution in [1.82, 2.24) is 34.8 Å². The molecular weight excluding hydrogens is 444 g/mol. The minimum absolute atomic E-state index is 0.0309. The van der Waals surface area contributed by atoms with Crippen LogP contribution in [0.4, 0.5) is 10.6 Å². The summed E-state index contributed by atoms with van der Waals surface area (Å²) in [4.78, 5) is 19.1. The van der Waals surface area contributed by atoms with E-state index < -0.39 is 0 Å². The maximum atomic E-state index is 12.7. The number of urea groups is 1. The highest BCUT2D eigenvalue weighted by Gasteiger charge is 2.47. The molecule has 3 aromatic heterocycles. The predicted octanol–water partition coefficient (Wildman–Crippen LogP) is 3.01. The van der Waals surface area contributed by atoms with Gasteiger partial charge in [0.25, 0.3) is 0 Å². The molecule has 1 aliphatic carbocycles. The second-order valence-electron chi connectivity index (χ2n) is 10.2. The highest BCUT2D eigenvalue weighted by atomic mass is 16.5. The van der Waals surface area contributed by atoms with Gasteiger partial charge in [0.2, 0.25) is 0 Å². The average Bonchev–Trinajstić information content (AvgIpc) is 3.58. The molecule has 0 bridgehead atoms. The van der Waals surface area contributed by atoms with Gasteiger partial charge in [-0.3, -0.25) is 9.36 Å². The minimum atomic E-state index is -0.229. The van der Waals surface area contributed by atoms with E-state index in [0.29, 0.717) is 17.6 Å². The van der Waals surface area contributed by atoms with Gasteiger partial charge in [-0.2, -0.15) is 10.2 Å². The van der Waals surface area contributed by atoms with E-state index >= 15 is 0 Å². The molecule has 184 valence electrons. The lowest BCUT2D eigenvalue weighted by molar-refractivity contribution is 0.193. The molecule has 1 saturated carbocycles. The van der Waals surface area contributed by atoms with Gasteiger partial charge in [0.15, 0.2) is 11.6 Å². The number of fused-ring (bicyclic) bond motifs is 2. The van der Waals surface area contributed by atoms with Crippen LogP contribution in [0.2, 0.25) is 0 Å². The molecule has 2 aliphatic heterocycles. The topological polar surface area (TPSA) is 116 Å². The Morgan fingerprint density at radius 2 is 2.11 bits per heavy atom.